The van der Waals surface area contributed by atoms with Gasteiger partial charge in [-0.2, -0.15) is 15.3 Å². The van der Waals surface area contributed by atoms with E-state index in [0.717, 1.165) is 105 Å². The van der Waals surface area contributed by atoms with Gasteiger partial charge < -0.3 is 21.2 Å². The number of nitrogens with one attached hydrogen (secondary N) is 2. The molecule has 12 aromatic rings. The molecular formula is C69H75N15O4S3. The van der Waals surface area contributed by atoms with Crippen LogP contribution in [0, 0.1) is 0 Å². The summed E-state index contributed by atoms with van der Waals surface area (Å²) in [6.45, 7) is 14.2. The molecule has 0 radical (unpaired) electrons. The topological polar surface area (TPSA) is 248 Å². The largest absolute Gasteiger partial charge is 0.328 e. The average Bonchev–Trinajstić information content (AvgIpc) is 1.75. The highest BCUT2D eigenvalue weighted by atomic mass is 32.1. The van der Waals surface area contributed by atoms with E-state index in [0.29, 0.717) is 83.6 Å². The molecule has 0 amide bonds. The first kappa shape index (κ1) is 66.4. The number of hydrogen-bond donors (Lipinski definition) is 3. The van der Waals surface area contributed by atoms with Crippen LogP contribution in [0.15, 0.2) is 163 Å². The Balaban J connectivity index is 0.000000157. The van der Waals surface area contributed by atoms with Crippen LogP contribution in [0.5, 0.6) is 0 Å². The Kier molecular flexibility index (Phi) is 24.2. The van der Waals surface area contributed by atoms with Crippen LogP contribution in [0.2, 0.25) is 0 Å². The van der Waals surface area contributed by atoms with E-state index in [1.807, 2.05) is 115 Å². The van der Waals surface area contributed by atoms with Gasteiger partial charge in [-0.1, -0.05) is 39.0 Å². The second kappa shape index (κ2) is 33.2. The first-order valence-corrected chi connectivity index (χ1v) is 33.3. The van der Waals surface area contributed by atoms with E-state index in [-0.39, 0.29) is 23.4 Å². The van der Waals surface area contributed by atoms with Crippen molar-refractivity contribution in [2.45, 2.75) is 117 Å². The number of rotatable bonds is 25. The van der Waals surface area contributed by atoms with E-state index in [4.69, 9.17) is 20.7 Å². The minimum atomic E-state index is 0.00903. The average molecular weight is 1270 g/mol. The number of aromatic nitrogens is 12. The molecule has 12 aromatic heterocycles. The van der Waals surface area contributed by atoms with Crippen LogP contribution in [-0.2, 0) is 4.79 Å². The fraction of sp³-hybridized carbons (Fsp3) is 0.290. The molecule has 0 saturated heterocycles. The van der Waals surface area contributed by atoms with Gasteiger partial charge in [-0.15, -0.1) is 34.0 Å². The molecule has 0 aliphatic carbocycles. The molecule has 0 saturated carbocycles. The second-order valence-corrected chi connectivity index (χ2v) is 24.6. The second-order valence-electron chi connectivity index (χ2n) is 21.8. The summed E-state index contributed by atoms with van der Waals surface area (Å²) in [6.07, 6.45) is 23.4. The molecule has 0 fully saturated rings. The summed E-state index contributed by atoms with van der Waals surface area (Å²) in [4.78, 5) is 78.1. The number of nitrogens with zero attached hydrogens (tertiary/aromatic N) is 12. The lowest BCUT2D eigenvalue weighted by atomic mass is 10.0. The standard InChI is InChI=1S/2C23H25N5OS.C20H19N5OS.C3H6O/c2*1-3-10-24-16(2)6-7-21(29)17-8-11-25-20(14-17)18-15-26-28-12-9-19(27-23(18)28)22-5-4-13-30-22;1-13(21)4-5-18(26)14-6-8-22-17(11-14)15-12-23-25-9-7-16(24-20(15)25)19-3-2-10-27-19;1-2-3-4/h2*4-5,8-9,11-16,24H,3,6-7,10H2,1-2H3;2-3,6-13H,4-5,21H2,1H3;3H,2H2,1H3/t2*16-;13-;/m000./s1. The predicted octanol–water partition coefficient (Wildman–Crippen LogP) is 14.2. The van der Waals surface area contributed by atoms with Crippen LogP contribution in [0.4, 0.5) is 0 Å². The van der Waals surface area contributed by atoms with Crippen molar-refractivity contribution in [3.8, 4) is 65.5 Å². The minimum Gasteiger partial charge on any atom is -0.328 e. The summed E-state index contributed by atoms with van der Waals surface area (Å²) >= 11 is 4.94. The molecule has 12 rings (SSSR count). The van der Waals surface area contributed by atoms with Crippen molar-refractivity contribution < 1.29 is 19.2 Å². The normalized spacial score (nSPS) is 12.1. The molecule has 0 aliphatic rings. The van der Waals surface area contributed by atoms with Gasteiger partial charge in [-0.05, 0) is 155 Å². The van der Waals surface area contributed by atoms with Gasteiger partial charge in [0.2, 0.25) is 0 Å². The highest BCUT2D eigenvalue weighted by molar-refractivity contribution is 7.14. The number of aldehydes is 1. The SMILES string of the molecule is CCC=O.CCCN[C@@H](C)CCC(=O)c1ccnc(-c2cnn3ccc(-c4cccs4)nc23)c1.CCCN[C@@H](C)CCC(=O)c1ccnc(-c2cnn3ccc(-c4cccs4)nc23)c1.C[C@H](N)CCC(=O)c1ccnc(-c2cnn3ccc(-c4cccs4)nc23)c1. The van der Waals surface area contributed by atoms with E-state index >= 15 is 0 Å². The van der Waals surface area contributed by atoms with Crippen molar-refractivity contribution in [2.24, 2.45) is 5.73 Å². The number of thiophene rings is 3. The first-order chi connectivity index (χ1) is 44.3. The summed E-state index contributed by atoms with van der Waals surface area (Å²) in [7, 11) is 0. The molecule has 4 N–H and O–H groups in total. The molecule has 0 aliphatic heterocycles. The third-order valence-electron chi connectivity index (χ3n) is 14.6. The van der Waals surface area contributed by atoms with Gasteiger partial charge in [-0.3, -0.25) is 29.3 Å². The summed E-state index contributed by atoms with van der Waals surface area (Å²) in [5.74, 6) is 0.333. The molecule has 91 heavy (non-hydrogen) atoms. The van der Waals surface area contributed by atoms with Crippen LogP contribution in [-0.4, -0.2) is 114 Å². The third kappa shape index (κ3) is 17.9. The zero-order valence-corrected chi connectivity index (χ0v) is 54.4. The summed E-state index contributed by atoms with van der Waals surface area (Å²) in [5.41, 5.74) is 17.2. The molecule has 0 aromatic carbocycles. The highest BCUT2D eigenvalue weighted by Crippen LogP contribution is 2.31. The third-order valence-corrected chi connectivity index (χ3v) is 17.3. The van der Waals surface area contributed by atoms with Crippen LogP contribution < -0.4 is 16.4 Å². The van der Waals surface area contributed by atoms with Crippen molar-refractivity contribution in [1.29, 1.82) is 0 Å². The van der Waals surface area contributed by atoms with Crippen molar-refractivity contribution in [2.75, 3.05) is 13.1 Å². The molecule has 0 bridgehead atoms. The number of fused-ring (bicyclic) bond motifs is 3. The van der Waals surface area contributed by atoms with Crippen LogP contribution in [0.1, 0.15) is 130 Å². The monoisotopic (exact) mass is 1270 g/mol. The van der Waals surface area contributed by atoms with Crippen molar-refractivity contribution >= 4 is 74.6 Å². The number of carbonyl (C=O) groups is 4. The van der Waals surface area contributed by atoms with Crippen molar-refractivity contribution in [3.63, 3.8) is 0 Å². The van der Waals surface area contributed by atoms with E-state index in [2.05, 4.69) is 68.6 Å². The number of ketones is 3. The van der Waals surface area contributed by atoms with Gasteiger partial charge in [0.15, 0.2) is 34.3 Å². The Morgan fingerprint density at radius 1 is 0.495 bits per heavy atom. The molecule has 468 valence electrons. The van der Waals surface area contributed by atoms with Gasteiger partial charge in [0.1, 0.15) is 6.29 Å². The number of nitrogens with two attached hydrogens (primary N) is 1. The van der Waals surface area contributed by atoms with Crippen molar-refractivity contribution in [3.05, 3.63) is 180 Å². The first-order valence-electron chi connectivity index (χ1n) is 30.6. The van der Waals surface area contributed by atoms with Gasteiger partial charge in [-0.25, -0.2) is 28.5 Å². The van der Waals surface area contributed by atoms with Gasteiger partial charge >= 0.3 is 0 Å². The smallest absolute Gasteiger partial charge is 0.165 e. The van der Waals surface area contributed by atoms with Crippen LogP contribution in [0.25, 0.3) is 82.4 Å². The molecule has 3 atom stereocenters. The van der Waals surface area contributed by atoms with Gasteiger partial charge in [0.25, 0.3) is 0 Å². The zero-order valence-electron chi connectivity index (χ0n) is 52.0. The van der Waals surface area contributed by atoms with E-state index in [1.54, 1.807) is 109 Å². The summed E-state index contributed by atoms with van der Waals surface area (Å²) in [6, 6.07) is 29.5. The number of Topliss-reactive ketones (excluding diaryl/α,β-unsaturated/α-hetero) is 3. The Hall–Kier alpha value is -9.03. The molecular weight excluding hydrogens is 1200 g/mol. The molecule has 22 heteroatoms. The van der Waals surface area contributed by atoms with E-state index in [9.17, 15) is 19.2 Å². The van der Waals surface area contributed by atoms with E-state index < -0.39 is 0 Å². The van der Waals surface area contributed by atoms with Crippen LogP contribution in [0.3, 0.4) is 0 Å². The lowest BCUT2D eigenvalue weighted by Crippen LogP contribution is -2.27. The predicted molar refractivity (Wildman–Crippen MR) is 365 cm³/mol. The summed E-state index contributed by atoms with van der Waals surface area (Å²) < 4.78 is 5.20. The molecule has 12 heterocycles. The number of carbonyl (C=O) groups excluding carboxylic acids is 4. The van der Waals surface area contributed by atoms with Gasteiger partial charge in [0, 0.05) is 97.7 Å². The molecule has 0 unspecified atom stereocenters. The Morgan fingerprint density at radius 3 is 1.11 bits per heavy atom. The van der Waals surface area contributed by atoms with E-state index in [1.165, 1.54) is 0 Å². The fourth-order valence-corrected chi connectivity index (χ4v) is 11.6. The maximum absolute atomic E-state index is 12.7. The maximum Gasteiger partial charge on any atom is 0.165 e. The lowest BCUT2D eigenvalue weighted by molar-refractivity contribution is -0.107. The maximum atomic E-state index is 12.7. The summed E-state index contributed by atoms with van der Waals surface area (Å²) in [5, 5.41) is 26.1. The van der Waals surface area contributed by atoms with Gasteiger partial charge in [0.05, 0.1) is 84.1 Å². The van der Waals surface area contributed by atoms with Crippen molar-refractivity contribution in [1.82, 2.24) is 69.4 Å². The number of hydrogen-bond acceptors (Lipinski definition) is 19. The Labute approximate surface area is 541 Å². The highest BCUT2D eigenvalue weighted by Gasteiger charge is 2.19. The number of pyridine rings is 3. The Morgan fingerprint density at radius 2 is 0.824 bits per heavy atom. The quantitative estimate of drug-likeness (QED) is 0.0355. The fourth-order valence-electron chi connectivity index (χ4n) is 9.56. The van der Waals surface area contributed by atoms with Crippen LogP contribution >= 0.6 is 34.0 Å². The Bertz CT molecular complexity index is 4110. The molecule has 0 spiro atoms. The zero-order chi connectivity index (χ0) is 64.1. The molecule has 19 nitrogen and oxygen atoms in total. The minimum absolute atomic E-state index is 0.00903. The lowest BCUT2D eigenvalue weighted by Gasteiger charge is -2.12.